The SMILES string of the molecule is O=C(CCc1ccccc1)c1sc2ncccc2c1O. The van der Waals surface area contributed by atoms with E-state index >= 15 is 0 Å². The summed E-state index contributed by atoms with van der Waals surface area (Å²) in [6, 6.07) is 13.4. The monoisotopic (exact) mass is 283 g/mol. The van der Waals surface area contributed by atoms with Crippen LogP contribution >= 0.6 is 11.3 Å². The van der Waals surface area contributed by atoms with Crippen LogP contribution in [0.4, 0.5) is 0 Å². The van der Waals surface area contributed by atoms with Crippen molar-refractivity contribution in [3.8, 4) is 5.75 Å². The van der Waals surface area contributed by atoms with Crippen molar-refractivity contribution in [2.75, 3.05) is 0 Å². The number of aromatic hydroxyl groups is 1. The zero-order chi connectivity index (χ0) is 13.9. The minimum atomic E-state index is -0.0330. The Kier molecular flexibility index (Phi) is 3.48. The Balaban J connectivity index is 1.81. The maximum absolute atomic E-state index is 12.2. The van der Waals surface area contributed by atoms with Crippen LogP contribution in [0.2, 0.25) is 0 Å². The van der Waals surface area contributed by atoms with Crippen molar-refractivity contribution < 1.29 is 9.90 Å². The third-order valence-electron chi connectivity index (χ3n) is 3.18. The van der Waals surface area contributed by atoms with E-state index in [9.17, 15) is 9.90 Å². The zero-order valence-corrected chi connectivity index (χ0v) is 11.6. The third-order valence-corrected chi connectivity index (χ3v) is 4.32. The minimum absolute atomic E-state index is 0.0330. The summed E-state index contributed by atoms with van der Waals surface area (Å²) in [5.74, 6) is 0.0329. The van der Waals surface area contributed by atoms with Gasteiger partial charge >= 0.3 is 0 Å². The van der Waals surface area contributed by atoms with Crippen molar-refractivity contribution in [3.63, 3.8) is 0 Å². The van der Waals surface area contributed by atoms with Crippen molar-refractivity contribution in [2.24, 2.45) is 0 Å². The molecule has 0 amide bonds. The number of Topliss-reactive ketones (excluding diaryl/α,β-unsaturated/α-hetero) is 1. The molecule has 0 fully saturated rings. The van der Waals surface area contributed by atoms with Crippen molar-refractivity contribution in [2.45, 2.75) is 12.8 Å². The van der Waals surface area contributed by atoms with Gasteiger partial charge in [0.05, 0.1) is 5.39 Å². The van der Waals surface area contributed by atoms with E-state index in [1.165, 1.54) is 11.3 Å². The van der Waals surface area contributed by atoms with Crippen LogP contribution in [0.25, 0.3) is 10.2 Å². The van der Waals surface area contributed by atoms with Gasteiger partial charge in [-0.3, -0.25) is 4.79 Å². The third kappa shape index (κ3) is 2.42. The maximum atomic E-state index is 12.2. The molecule has 0 aliphatic heterocycles. The molecular formula is C16H13NO2S. The minimum Gasteiger partial charge on any atom is -0.506 e. The number of benzene rings is 1. The summed E-state index contributed by atoms with van der Waals surface area (Å²) in [5, 5.41) is 10.8. The quantitative estimate of drug-likeness (QED) is 0.741. The number of fused-ring (bicyclic) bond motifs is 1. The Labute approximate surface area is 120 Å². The van der Waals surface area contributed by atoms with Gasteiger partial charge in [-0.25, -0.2) is 4.98 Å². The van der Waals surface area contributed by atoms with Crippen LogP contribution in [0.3, 0.4) is 0 Å². The lowest BCUT2D eigenvalue weighted by Crippen LogP contribution is -1.98. The first kappa shape index (κ1) is 12.8. The molecular weight excluding hydrogens is 270 g/mol. The number of carbonyl (C=O) groups is 1. The number of hydrogen-bond acceptors (Lipinski definition) is 4. The first-order valence-corrected chi connectivity index (χ1v) is 7.21. The van der Waals surface area contributed by atoms with Crippen LogP contribution in [-0.4, -0.2) is 15.9 Å². The second-order valence-electron chi connectivity index (χ2n) is 4.54. The van der Waals surface area contributed by atoms with E-state index in [0.717, 1.165) is 5.56 Å². The summed E-state index contributed by atoms with van der Waals surface area (Å²) in [6.07, 6.45) is 2.74. The molecule has 0 atom stereocenters. The molecule has 4 heteroatoms. The fraction of sp³-hybridized carbons (Fsp3) is 0.125. The fourth-order valence-electron chi connectivity index (χ4n) is 2.12. The lowest BCUT2D eigenvalue weighted by Gasteiger charge is -2.00. The highest BCUT2D eigenvalue weighted by Crippen LogP contribution is 2.36. The molecule has 3 aromatic rings. The van der Waals surface area contributed by atoms with E-state index in [1.807, 2.05) is 30.3 Å². The van der Waals surface area contributed by atoms with Crippen molar-refractivity contribution >= 4 is 27.3 Å². The van der Waals surface area contributed by atoms with Crippen molar-refractivity contribution in [1.82, 2.24) is 4.98 Å². The molecule has 0 unspecified atom stereocenters. The van der Waals surface area contributed by atoms with Gasteiger partial charge in [-0.1, -0.05) is 30.3 Å². The number of aromatic nitrogens is 1. The molecule has 0 bridgehead atoms. The van der Waals surface area contributed by atoms with Crippen LogP contribution in [0, 0.1) is 0 Å². The number of nitrogens with zero attached hydrogens (tertiary/aromatic N) is 1. The van der Waals surface area contributed by atoms with E-state index in [0.29, 0.717) is 27.9 Å². The second-order valence-corrected chi connectivity index (χ2v) is 5.54. The van der Waals surface area contributed by atoms with Crippen molar-refractivity contribution in [1.29, 1.82) is 0 Å². The summed E-state index contributed by atoms with van der Waals surface area (Å²) in [7, 11) is 0. The normalized spacial score (nSPS) is 10.8. The Hall–Kier alpha value is -2.20. The molecule has 3 nitrogen and oxygen atoms in total. The predicted octanol–water partition coefficient (Wildman–Crippen LogP) is 3.82. The highest BCUT2D eigenvalue weighted by molar-refractivity contribution is 7.20. The molecule has 20 heavy (non-hydrogen) atoms. The van der Waals surface area contributed by atoms with Gasteiger partial charge in [0.25, 0.3) is 0 Å². The number of thiophene rings is 1. The lowest BCUT2D eigenvalue weighted by atomic mass is 10.1. The molecule has 1 N–H and O–H groups in total. The van der Waals surface area contributed by atoms with E-state index in [2.05, 4.69) is 4.98 Å². The van der Waals surface area contributed by atoms with Crippen LogP contribution in [0.5, 0.6) is 5.75 Å². The van der Waals surface area contributed by atoms with Crippen LogP contribution < -0.4 is 0 Å². The number of hydrogen-bond donors (Lipinski definition) is 1. The predicted molar refractivity (Wildman–Crippen MR) is 80.4 cm³/mol. The Morgan fingerprint density at radius 2 is 1.95 bits per heavy atom. The van der Waals surface area contributed by atoms with Crippen LogP contribution in [0.1, 0.15) is 21.7 Å². The molecule has 0 aliphatic rings. The summed E-state index contributed by atoms with van der Waals surface area (Å²) >= 11 is 1.26. The summed E-state index contributed by atoms with van der Waals surface area (Å²) in [6.45, 7) is 0. The first-order chi connectivity index (χ1) is 9.75. The second kappa shape index (κ2) is 5.43. The first-order valence-electron chi connectivity index (χ1n) is 6.39. The molecule has 2 heterocycles. The average Bonchev–Trinajstić information content (AvgIpc) is 2.84. The van der Waals surface area contributed by atoms with Gasteiger partial charge in [-0.2, -0.15) is 0 Å². The molecule has 3 rings (SSSR count). The number of aryl methyl sites for hydroxylation is 1. The van der Waals surface area contributed by atoms with Gasteiger partial charge in [-0.05, 0) is 24.1 Å². The number of ketones is 1. The molecule has 2 aromatic heterocycles. The smallest absolute Gasteiger partial charge is 0.176 e. The van der Waals surface area contributed by atoms with E-state index in [-0.39, 0.29) is 11.5 Å². The van der Waals surface area contributed by atoms with Gasteiger partial charge in [-0.15, -0.1) is 11.3 Å². The highest BCUT2D eigenvalue weighted by atomic mass is 32.1. The number of carbonyl (C=O) groups excluding carboxylic acids is 1. The Morgan fingerprint density at radius 3 is 2.70 bits per heavy atom. The molecule has 1 aromatic carbocycles. The topological polar surface area (TPSA) is 50.2 Å². The number of rotatable bonds is 4. The summed E-state index contributed by atoms with van der Waals surface area (Å²) in [5.41, 5.74) is 1.12. The largest absolute Gasteiger partial charge is 0.506 e. The van der Waals surface area contributed by atoms with E-state index in [1.54, 1.807) is 18.3 Å². The molecule has 0 radical (unpaired) electrons. The maximum Gasteiger partial charge on any atom is 0.176 e. The molecule has 0 saturated carbocycles. The molecule has 0 aliphatic carbocycles. The van der Waals surface area contributed by atoms with Gasteiger partial charge < -0.3 is 5.11 Å². The molecule has 100 valence electrons. The lowest BCUT2D eigenvalue weighted by molar-refractivity contribution is 0.0984. The van der Waals surface area contributed by atoms with Gasteiger partial charge in [0, 0.05) is 12.6 Å². The van der Waals surface area contributed by atoms with Crippen molar-refractivity contribution in [3.05, 3.63) is 59.1 Å². The van der Waals surface area contributed by atoms with Crippen LogP contribution in [-0.2, 0) is 6.42 Å². The van der Waals surface area contributed by atoms with Crippen LogP contribution in [0.15, 0.2) is 48.7 Å². The molecule has 0 spiro atoms. The van der Waals surface area contributed by atoms with Gasteiger partial charge in [0.15, 0.2) is 5.78 Å². The number of pyridine rings is 1. The average molecular weight is 283 g/mol. The van der Waals surface area contributed by atoms with E-state index < -0.39 is 0 Å². The fourth-order valence-corrected chi connectivity index (χ4v) is 3.13. The Morgan fingerprint density at radius 1 is 1.15 bits per heavy atom. The highest BCUT2D eigenvalue weighted by Gasteiger charge is 2.18. The standard InChI is InChI=1S/C16H13NO2S/c18-13(9-8-11-5-2-1-3-6-11)15-14(19)12-7-4-10-17-16(12)20-15/h1-7,10,19H,8-9H2. The van der Waals surface area contributed by atoms with Gasteiger partial charge in [0.1, 0.15) is 15.5 Å². The zero-order valence-electron chi connectivity index (χ0n) is 10.7. The molecule has 0 saturated heterocycles. The summed E-state index contributed by atoms with van der Waals surface area (Å²) in [4.78, 5) is 17.5. The van der Waals surface area contributed by atoms with E-state index in [4.69, 9.17) is 0 Å². The van der Waals surface area contributed by atoms with Gasteiger partial charge in [0.2, 0.25) is 0 Å². The summed E-state index contributed by atoms with van der Waals surface area (Å²) < 4.78 is 0. The Bertz CT molecular complexity index is 750.